The van der Waals surface area contributed by atoms with Crippen molar-refractivity contribution in [1.82, 2.24) is 15.3 Å². The van der Waals surface area contributed by atoms with E-state index in [1.165, 1.54) is 4.88 Å². The van der Waals surface area contributed by atoms with Crippen molar-refractivity contribution in [2.75, 3.05) is 11.1 Å². The van der Waals surface area contributed by atoms with Gasteiger partial charge in [-0.15, -0.1) is 11.3 Å². The molecule has 1 saturated heterocycles. The first-order valence-electron chi connectivity index (χ1n) is 5.89. The van der Waals surface area contributed by atoms with Crippen molar-refractivity contribution in [3.8, 4) is 0 Å². The summed E-state index contributed by atoms with van der Waals surface area (Å²) < 4.78 is 0. The summed E-state index contributed by atoms with van der Waals surface area (Å²) in [6.45, 7) is 2.15. The summed E-state index contributed by atoms with van der Waals surface area (Å²) in [7, 11) is 0. The Morgan fingerprint density at radius 3 is 3.00 bits per heavy atom. The zero-order valence-corrected chi connectivity index (χ0v) is 12.1. The number of thiazole rings is 1. The molecule has 2 unspecified atom stereocenters. The topological polar surface area (TPSA) is 75.9 Å². The van der Waals surface area contributed by atoms with Crippen molar-refractivity contribution in [2.45, 2.75) is 17.6 Å². The van der Waals surface area contributed by atoms with Crippen LogP contribution in [0.3, 0.4) is 0 Å². The second kappa shape index (κ2) is 4.75. The molecule has 1 aliphatic heterocycles. The molecule has 3 rings (SSSR count). The minimum absolute atomic E-state index is 0.157. The van der Waals surface area contributed by atoms with E-state index in [9.17, 15) is 0 Å². The highest BCUT2D eigenvalue weighted by molar-refractivity contribution is 8.01. The fraction of sp³-hybridized carbons (Fsp3) is 0.333. The van der Waals surface area contributed by atoms with E-state index < -0.39 is 5.12 Å². The molecule has 0 spiro atoms. The largest absolute Gasteiger partial charge is 0.345 e. The number of hydrogen-bond donors (Lipinski definition) is 3. The van der Waals surface area contributed by atoms with Crippen LogP contribution in [0.4, 0.5) is 5.69 Å². The van der Waals surface area contributed by atoms with E-state index >= 15 is 0 Å². The third-order valence-corrected chi connectivity index (χ3v) is 5.44. The molecule has 1 aliphatic rings. The van der Waals surface area contributed by atoms with Crippen molar-refractivity contribution in [2.24, 2.45) is 5.73 Å². The zero-order chi connectivity index (χ0) is 13.3. The molecule has 0 aliphatic carbocycles. The van der Waals surface area contributed by atoms with Gasteiger partial charge in [0.05, 0.1) is 22.9 Å². The van der Waals surface area contributed by atoms with Crippen molar-refractivity contribution in [1.29, 1.82) is 0 Å². The molecule has 100 valence electrons. The van der Waals surface area contributed by atoms with E-state index in [1.807, 2.05) is 23.8 Å². The van der Waals surface area contributed by atoms with E-state index in [4.69, 9.17) is 5.73 Å². The molecule has 0 aromatic carbocycles. The number of nitrogens with two attached hydrogens (primary N) is 1. The van der Waals surface area contributed by atoms with Gasteiger partial charge in [-0.2, -0.15) is 0 Å². The van der Waals surface area contributed by atoms with Gasteiger partial charge in [0.1, 0.15) is 0 Å². The molecule has 4 N–H and O–H groups in total. The summed E-state index contributed by atoms with van der Waals surface area (Å²) in [6.07, 6.45) is 5.40. The van der Waals surface area contributed by atoms with Gasteiger partial charge in [0.2, 0.25) is 0 Å². The van der Waals surface area contributed by atoms with Crippen LogP contribution in [-0.2, 0) is 5.54 Å². The Morgan fingerprint density at radius 2 is 2.32 bits per heavy atom. The van der Waals surface area contributed by atoms with Crippen LogP contribution in [0, 0.1) is 0 Å². The van der Waals surface area contributed by atoms with Gasteiger partial charge in [-0.3, -0.25) is 21.0 Å². The minimum atomic E-state index is -0.693. The average Bonchev–Trinajstić information content (AvgIpc) is 3.00. The zero-order valence-electron chi connectivity index (χ0n) is 10.5. The maximum absolute atomic E-state index is 6.37. The molecule has 0 saturated carbocycles. The fourth-order valence-electron chi connectivity index (χ4n) is 2.08. The molecule has 3 heterocycles. The first-order valence-corrected chi connectivity index (χ1v) is 7.76. The molecular formula is C12H15N5S2. The van der Waals surface area contributed by atoms with Crippen LogP contribution >= 0.6 is 23.1 Å². The summed E-state index contributed by atoms with van der Waals surface area (Å²) >= 11 is 3.29. The predicted octanol–water partition coefficient (Wildman–Crippen LogP) is 1.77. The Bertz CT molecular complexity index is 547. The molecule has 2 aromatic rings. The fourth-order valence-corrected chi connectivity index (χ4v) is 4.14. The van der Waals surface area contributed by atoms with Crippen LogP contribution in [0.1, 0.15) is 11.8 Å². The monoisotopic (exact) mass is 293 g/mol. The lowest BCUT2D eigenvalue weighted by molar-refractivity contribution is 0.381. The van der Waals surface area contributed by atoms with Gasteiger partial charge < -0.3 is 5.32 Å². The molecule has 2 aromatic heterocycles. The van der Waals surface area contributed by atoms with Crippen molar-refractivity contribution in [3.63, 3.8) is 0 Å². The van der Waals surface area contributed by atoms with Crippen LogP contribution in [0.5, 0.6) is 0 Å². The van der Waals surface area contributed by atoms with E-state index in [2.05, 4.69) is 27.5 Å². The van der Waals surface area contributed by atoms with Gasteiger partial charge in [-0.05, 0) is 19.1 Å². The van der Waals surface area contributed by atoms with Gasteiger partial charge in [-0.25, -0.2) is 0 Å². The smallest absolute Gasteiger partial charge is 0.192 e. The molecule has 19 heavy (non-hydrogen) atoms. The number of nitrogens with zero attached hydrogens (tertiary/aromatic N) is 2. The second-order valence-electron chi connectivity index (χ2n) is 4.71. The van der Waals surface area contributed by atoms with Crippen LogP contribution in [-0.4, -0.2) is 20.8 Å². The summed E-state index contributed by atoms with van der Waals surface area (Å²) in [5, 5.41) is 6.06. The Hall–Kier alpha value is -1.15. The van der Waals surface area contributed by atoms with Gasteiger partial charge in [0.25, 0.3) is 0 Å². The van der Waals surface area contributed by atoms with E-state index in [0.29, 0.717) is 0 Å². The SMILES string of the molecule is CC1(c2cncs2)CSC(N)(Nc2cccnc2)N1. The van der Waals surface area contributed by atoms with E-state index in [0.717, 1.165) is 11.4 Å². The normalized spacial score (nSPS) is 30.4. The number of pyridine rings is 1. The maximum atomic E-state index is 6.37. The Kier molecular flexibility index (Phi) is 3.22. The van der Waals surface area contributed by atoms with Crippen LogP contribution in [0.15, 0.2) is 36.2 Å². The van der Waals surface area contributed by atoms with E-state index in [1.54, 1.807) is 35.5 Å². The molecule has 5 nitrogen and oxygen atoms in total. The summed E-state index contributed by atoms with van der Waals surface area (Å²) in [6, 6.07) is 3.83. The molecule has 0 radical (unpaired) electrons. The molecular weight excluding hydrogens is 278 g/mol. The third-order valence-electron chi connectivity index (χ3n) is 3.02. The summed E-state index contributed by atoms with van der Waals surface area (Å²) in [5.74, 6) is 0.888. The number of rotatable bonds is 3. The number of nitrogens with one attached hydrogen (secondary N) is 2. The average molecular weight is 293 g/mol. The number of anilines is 1. The van der Waals surface area contributed by atoms with Crippen molar-refractivity contribution >= 4 is 28.8 Å². The molecule has 0 amide bonds. The Balaban J connectivity index is 1.77. The summed E-state index contributed by atoms with van der Waals surface area (Å²) in [4.78, 5) is 9.42. The first-order chi connectivity index (χ1) is 9.10. The van der Waals surface area contributed by atoms with Crippen LogP contribution < -0.4 is 16.4 Å². The Morgan fingerprint density at radius 1 is 1.42 bits per heavy atom. The lowest BCUT2D eigenvalue weighted by Gasteiger charge is -2.30. The second-order valence-corrected chi connectivity index (χ2v) is 6.82. The highest BCUT2D eigenvalue weighted by Crippen LogP contribution is 2.39. The third kappa shape index (κ3) is 2.59. The van der Waals surface area contributed by atoms with Gasteiger partial charge in [0, 0.05) is 23.0 Å². The lowest BCUT2D eigenvalue weighted by atomic mass is 10.0. The van der Waals surface area contributed by atoms with Crippen molar-refractivity contribution in [3.05, 3.63) is 41.1 Å². The van der Waals surface area contributed by atoms with Gasteiger partial charge in [-0.1, -0.05) is 11.8 Å². The van der Waals surface area contributed by atoms with E-state index in [-0.39, 0.29) is 5.54 Å². The number of hydrogen-bond acceptors (Lipinski definition) is 7. The van der Waals surface area contributed by atoms with Gasteiger partial charge >= 0.3 is 0 Å². The predicted molar refractivity (Wildman–Crippen MR) is 79.8 cm³/mol. The number of aromatic nitrogens is 2. The standard InChI is InChI=1S/C12H15N5S2/c1-11(10-6-15-8-18-10)7-19-12(13,17-11)16-9-3-2-4-14-5-9/h2-6,8,16-17H,7,13H2,1H3. The number of thioether (sulfide) groups is 1. The lowest BCUT2D eigenvalue weighted by Crippen LogP contribution is -2.57. The Labute approximate surface area is 120 Å². The quantitative estimate of drug-likeness (QED) is 0.749. The molecule has 0 bridgehead atoms. The van der Waals surface area contributed by atoms with Crippen LogP contribution in [0.2, 0.25) is 0 Å². The first kappa shape index (κ1) is 12.9. The van der Waals surface area contributed by atoms with Crippen LogP contribution in [0.25, 0.3) is 0 Å². The molecule has 1 fully saturated rings. The van der Waals surface area contributed by atoms with Gasteiger partial charge in [0.15, 0.2) is 5.12 Å². The minimum Gasteiger partial charge on any atom is -0.345 e. The highest BCUT2D eigenvalue weighted by atomic mass is 32.2. The molecule has 7 heteroatoms. The van der Waals surface area contributed by atoms with Crippen molar-refractivity contribution < 1.29 is 0 Å². The highest BCUT2D eigenvalue weighted by Gasteiger charge is 2.45. The maximum Gasteiger partial charge on any atom is 0.192 e. The molecule has 2 atom stereocenters. The summed E-state index contributed by atoms with van der Waals surface area (Å²) in [5.41, 5.74) is 8.96.